The molecule has 1 aromatic carbocycles. The Hall–Kier alpha value is -0.150. The predicted octanol–water partition coefficient (Wildman–Crippen LogP) is 3.97. The standard InChI is InChI=1S/C10H6Cl4O2/c11-5-1-4(2-6(12)3-5)7-8(9(15)16)10(7,13)14/h1-3,7-8H,(H,15,16)/t7-,8+/m1/s1. The fourth-order valence-electron chi connectivity index (χ4n) is 1.80. The SMILES string of the molecule is O=C(O)[C@@H]1[C@@H](c2cc(Cl)cc(Cl)c2)C1(Cl)Cl. The summed E-state index contributed by atoms with van der Waals surface area (Å²) >= 11 is 23.5. The van der Waals surface area contributed by atoms with E-state index in [1.54, 1.807) is 18.2 Å². The maximum atomic E-state index is 10.9. The number of hydrogen-bond acceptors (Lipinski definition) is 1. The zero-order valence-electron chi connectivity index (χ0n) is 7.75. The summed E-state index contributed by atoms with van der Waals surface area (Å²) in [6, 6.07) is 4.82. The van der Waals surface area contributed by atoms with E-state index in [0.717, 1.165) is 0 Å². The molecule has 0 saturated heterocycles. The first-order valence-corrected chi connectivity index (χ1v) is 5.92. The van der Waals surface area contributed by atoms with Gasteiger partial charge in [0.1, 0.15) is 4.33 Å². The van der Waals surface area contributed by atoms with Crippen molar-refractivity contribution >= 4 is 52.4 Å². The summed E-state index contributed by atoms with van der Waals surface area (Å²) in [6.07, 6.45) is 0. The number of hydrogen-bond donors (Lipinski definition) is 1. The molecule has 1 aliphatic carbocycles. The molecule has 0 radical (unpaired) electrons. The summed E-state index contributed by atoms with van der Waals surface area (Å²) in [4.78, 5) is 10.9. The first-order chi connectivity index (χ1) is 7.34. The van der Waals surface area contributed by atoms with Gasteiger partial charge in [0, 0.05) is 16.0 Å². The van der Waals surface area contributed by atoms with Crippen molar-refractivity contribution in [3.05, 3.63) is 33.8 Å². The van der Waals surface area contributed by atoms with E-state index in [9.17, 15) is 4.79 Å². The minimum Gasteiger partial charge on any atom is -0.481 e. The lowest BCUT2D eigenvalue weighted by molar-refractivity contribution is -0.138. The van der Waals surface area contributed by atoms with E-state index in [0.29, 0.717) is 15.6 Å². The lowest BCUT2D eigenvalue weighted by Crippen LogP contribution is -2.03. The summed E-state index contributed by atoms with van der Waals surface area (Å²) in [6.45, 7) is 0. The summed E-state index contributed by atoms with van der Waals surface area (Å²) in [5.41, 5.74) is 0.648. The molecule has 6 heteroatoms. The van der Waals surface area contributed by atoms with Gasteiger partial charge in [0.25, 0.3) is 0 Å². The molecule has 0 spiro atoms. The number of halogens is 4. The van der Waals surface area contributed by atoms with Crippen molar-refractivity contribution in [1.29, 1.82) is 0 Å². The van der Waals surface area contributed by atoms with Gasteiger partial charge < -0.3 is 5.11 Å². The Morgan fingerprint density at radius 3 is 2.06 bits per heavy atom. The van der Waals surface area contributed by atoms with Gasteiger partial charge in [0.15, 0.2) is 0 Å². The van der Waals surface area contributed by atoms with Crippen LogP contribution in [0.15, 0.2) is 18.2 Å². The van der Waals surface area contributed by atoms with Crippen molar-refractivity contribution in [3.63, 3.8) is 0 Å². The quantitative estimate of drug-likeness (QED) is 0.839. The molecule has 2 nitrogen and oxygen atoms in total. The van der Waals surface area contributed by atoms with Crippen LogP contribution in [0.3, 0.4) is 0 Å². The van der Waals surface area contributed by atoms with Crippen LogP contribution >= 0.6 is 46.4 Å². The van der Waals surface area contributed by atoms with E-state index in [4.69, 9.17) is 51.5 Å². The third-order valence-corrected chi connectivity index (χ3v) is 3.94. The Morgan fingerprint density at radius 2 is 1.69 bits per heavy atom. The molecule has 0 unspecified atom stereocenters. The lowest BCUT2D eigenvalue weighted by atomic mass is 10.1. The van der Waals surface area contributed by atoms with Gasteiger partial charge in [-0.1, -0.05) is 46.4 Å². The summed E-state index contributed by atoms with van der Waals surface area (Å²) < 4.78 is -1.28. The number of alkyl halides is 2. The average molecular weight is 300 g/mol. The molecule has 16 heavy (non-hydrogen) atoms. The van der Waals surface area contributed by atoms with Crippen molar-refractivity contribution in [2.75, 3.05) is 0 Å². The smallest absolute Gasteiger partial charge is 0.310 e. The van der Waals surface area contributed by atoms with Crippen LogP contribution in [0.2, 0.25) is 10.0 Å². The predicted molar refractivity (Wildman–Crippen MR) is 64.8 cm³/mol. The Morgan fingerprint density at radius 1 is 1.19 bits per heavy atom. The molecule has 1 aromatic rings. The second kappa shape index (κ2) is 3.95. The van der Waals surface area contributed by atoms with E-state index in [2.05, 4.69) is 0 Å². The molecule has 0 aromatic heterocycles. The molecular weight excluding hydrogens is 294 g/mol. The van der Waals surface area contributed by atoms with Crippen LogP contribution in [0.4, 0.5) is 0 Å². The number of carbonyl (C=O) groups is 1. The minimum absolute atomic E-state index is 0.433. The van der Waals surface area contributed by atoms with Gasteiger partial charge in [-0.2, -0.15) is 0 Å². The topological polar surface area (TPSA) is 37.3 Å². The van der Waals surface area contributed by atoms with E-state index in [1.807, 2.05) is 0 Å². The van der Waals surface area contributed by atoms with Gasteiger partial charge in [0.2, 0.25) is 0 Å². The Kier molecular flexibility index (Phi) is 3.04. The molecule has 1 saturated carbocycles. The highest BCUT2D eigenvalue weighted by atomic mass is 35.5. The Labute approximate surface area is 112 Å². The number of carboxylic acids is 1. The molecular formula is C10H6Cl4O2. The molecule has 1 fully saturated rings. The van der Waals surface area contributed by atoms with Crippen LogP contribution < -0.4 is 0 Å². The molecule has 2 rings (SSSR count). The number of rotatable bonds is 2. The molecule has 0 aliphatic heterocycles. The van der Waals surface area contributed by atoms with Crippen LogP contribution in [0.1, 0.15) is 11.5 Å². The van der Waals surface area contributed by atoms with Crippen molar-refractivity contribution in [3.8, 4) is 0 Å². The number of benzene rings is 1. The maximum absolute atomic E-state index is 10.9. The molecule has 2 atom stereocenters. The second-order valence-corrected chi connectivity index (χ2v) is 5.99. The van der Waals surface area contributed by atoms with E-state index in [1.165, 1.54) is 0 Å². The normalized spacial score (nSPS) is 26.5. The molecule has 0 bridgehead atoms. The van der Waals surface area contributed by atoms with Crippen LogP contribution in [0, 0.1) is 5.92 Å². The minimum atomic E-state index is -1.28. The first-order valence-electron chi connectivity index (χ1n) is 4.40. The highest BCUT2D eigenvalue weighted by Gasteiger charge is 2.68. The van der Waals surface area contributed by atoms with E-state index >= 15 is 0 Å². The van der Waals surface area contributed by atoms with Crippen LogP contribution in [0.5, 0.6) is 0 Å². The number of aliphatic carboxylic acids is 1. The Balaban J connectivity index is 2.37. The highest BCUT2D eigenvalue weighted by molar-refractivity contribution is 6.53. The van der Waals surface area contributed by atoms with Crippen molar-refractivity contribution < 1.29 is 9.90 Å². The lowest BCUT2D eigenvalue weighted by Gasteiger charge is -2.02. The summed E-state index contributed by atoms with van der Waals surface area (Å²) in [5.74, 6) is -2.30. The largest absolute Gasteiger partial charge is 0.481 e. The molecule has 0 heterocycles. The van der Waals surface area contributed by atoms with Crippen LogP contribution in [-0.2, 0) is 4.79 Å². The van der Waals surface area contributed by atoms with Crippen molar-refractivity contribution in [1.82, 2.24) is 0 Å². The molecule has 1 N–H and O–H groups in total. The van der Waals surface area contributed by atoms with Gasteiger partial charge in [0.05, 0.1) is 5.92 Å². The van der Waals surface area contributed by atoms with Crippen molar-refractivity contribution in [2.45, 2.75) is 10.3 Å². The van der Waals surface area contributed by atoms with Crippen LogP contribution in [0.25, 0.3) is 0 Å². The van der Waals surface area contributed by atoms with Gasteiger partial charge in [-0.15, -0.1) is 0 Å². The third kappa shape index (κ3) is 2.00. The third-order valence-electron chi connectivity index (χ3n) is 2.56. The highest BCUT2D eigenvalue weighted by Crippen LogP contribution is 2.65. The first kappa shape index (κ1) is 12.3. The van der Waals surface area contributed by atoms with Crippen LogP contribution in [-0.4, -0.2) is 15.4 Å². The fraction of sp³-hybridized carbons (Fsp3) is 0.300. The van der Waals surface area contributed by atoms with Gasteiger partial charge >= 0.3 is 5.97 Å². The zero-order chi connectivity index (χ0) is 12.1. The number of carboxylic acid groups (broad SMARTS) is 1. The Bertz CT molecular complexity index is 438. The monoisotopic (exact) mass is 298 g/mol. The zero-order valence-corrected chi connectivity index (χ0v) is 10.8. The van der Waals surface area contributed by atoms with Gasteiger partial charge in [-0.25, -0.2) is 0 Å². The molecule has 86 valence electrons. The van der Waals surface area contributed by atoms with E-state index < -0.39 is 22.1 Å². The molecule has 1 aliphatic rings. The second-order valence-electron chi connectivity index (χ2n) is 3.67. The fourth-order valence-corrected chi connectivity index (χ4v) is 3.16. The van der Waals surface area contributed by atoms with Gasteiger partial charge in [-0.3, -0.25) is 4.79 Å². The van der Waals surface area contributed by atoms with E-state index in [-0.39, 0.29) is 0 Å². The summed E-state index contributed by atoms with van der Waals surface area (Å²) in [5, 5.41) is 9.79. The van der Waals surface area contributed by atoms with Crippen molar-refractivity contribution in [2.24, 2.45) is 5.92 Å². The maximum Gasteiger partial charge on any atom is 0.310 e. The summed E-state index contributed by atoms with van der Waals surface area (Å²) in [7, 11) is 0. The van der Waals surface area contributed by atoms with Gasteiger partial charge in [-0.05, 0) is 23.8 Å². The molecule has 0 amide bonds. The average Bonchev–Trinajstić information content (AvgIpc) is 2.67.